The van der Waals surface area contributed by atoms with Crippen molar-refractivity contribution in [3.8, 4) is 0 Å². The fourth-order valence-electron chi connectivity index (χ4n) is 1.91. The van der Waals surface area contributed by atoms with E-state index in [9.17, 15) is 9.59 Å². The molecule has 1 aromatic rings. The van der Waals surface area contributed by atoms with Crippen molar-refractivity contribution in [3.63, 3.8) is 0 Å². The van der Waals surface area contributed by atoms with Crippen LogP contribution in [-0.2, 0) is 14.3 Å². The monoisotopic (exact) mass is 313 g/mol. The average molecular weight is 314 g/mol. The third-order valence-electron chi connectivity index (χ3n) is 2.73. The lowest BCUT2D eigenvalue weighted by Crippen LogP contribution is -2.39. The Morgan fingerprint density at radius 2 is 1.81 bits per heavy atom. The third kappa shape index (κ3) is 5.73. The van der Waals surface area contributed by atoms with Gasteiger partial charge in [0, 0.05) is 11.1 Å². The lowest BCUT2D eigenvalue weighted by molar-refractivity contribution is -0.157. The van der Waals surface area contributed by atoms with Crippen LogP contribution in [0.25, 0.3) is 0 Å². The predicted octanol–water partition coefficient (Wildman–Crippen LogP) is 2.57. The molecular weight excluding hydrogens is 294 g/mol. The van der Waals surface area contributed by atoms with Crippen molar-refractivity contribution in [2.45, 2.75) is 44.8 Å². The van der Waals surface area contributed by atoms with E-state index in [0.29, 0.717) is 10.6 Å². The molecule has 116 valence electrons. The second-order valence-corrected chi connectivity index (χ2v) is 6.26. The summed E-state index contributed by atoms with van der Waals surface area (Å²) in [5, 5.41) is 9.41. The topological polar surface area (TPSA) is 89.6 Å². The van der Waals surface area contributed by atoms with E-state index in [1.807, 2.05) is 0 Å². The quantitative estimate of drug-likeness (QED) is 0.815. The zero-order chi connectivity index (χ0) is 16.2. The van der Waals surface area contributed by atoms with Gasteiger partial charge in [-0.2, -0.15) is 0 Å². The molecule has 0 radical (unpaired) electrons. The number of halogens is 1. The lowest BCUT2D eigenvalue weighted by atomic mass is 9.90. The summed E-state index contributed by atoms with van der Waals surface area (Å²) in [7, 11) is 0. The van der Waals surface area contributed by atoms with E-state index in [4.69, 9.17) is 27.2 Å². The van der Waals surface area contributed by atoms with Gasteiger partial charge in [-0.3, -0.25) is 9.59 Å². The van der Waals surface area contributed by atoms with E-state index >= 15 is 0 Å². The van der Waals surface area contributed by atoms with Crippen LogP contribution < -0.4 is 5.73 Å². The number of aliphatic carboxylic acids is 1. The molecule has 3 N–H and O–H groups in total. The summed E-state index contributed by atoms with van der Waals surface area (Å²) in [5.74, 6) is -2.46. The molecule has 0 spiro atoms. The van der Waals surface area contributed by atoms with Crippen molar-refractivity contribution in [2.75, 3.05) is 0 Å². The molecule has 5 nitrogen and oxygen atoms in total. The van der Waals surface area contributed by atoms with Gasteiger partial charge in [0.15, 0.2) is 0 Å². The number of carbonyl (C=O) groups is 2. The molecule has 2 atom stereocenters. The summed E-state index contributed by atoms with van der Waals surface area (Å²) in [5.41, 5.74) is 5.80. The highest BCUT2D eigenvalue weighted by Gasteiger charge is 2.32. The third-order valence-corrected chi connectivity index (χ3v) is 2.98. The van der Waals surface area contributed by atoms with Gasteiger partial charge in [-0.15, -0.1) is 0 Å². The van der Waals surface area contributed by atoms with Crippen LogP contribution in [0.1, 0.15) is 38.7 Å². The molecule has 0 aromatic heterocycles. The van der Waals surface area contributed by atoms with Crippen LogP contribution in [0.3, 0.4) is 0 Å². The molecule has 2 unspecified atom stereocenters. The van der Waals surface area contributed by atoms with Gasteiger partial charge >= 0.3 is 11.9 Å². The van der Waals surface area contributed by atoms with Crippen LogP contribution in [-0.4, -0.2) is 28.7 Å². The van der Waals surface area contributed by atoms with Gasteiger partial charge in [-0.25, -0.2) is 0 Å². The lowest BCUT2D eigenvalue weighted by Gasteiger charge is -2.27. The standard InChI is InChI=1S/C15H20ClNO4/c1-15(2,3)21-14(20)13(11(17)8-12(18)19)9-4-6-10(16)7-5-9/h4-7,11,13H,8,17H2,1-3H3,(H,18,19). The molecule has 0 aliphatic rings. The van der Waals surface area contributed by atoms with Crippen LogP contribution >= 0.6 is 11.6 Å². The second-order valence-electron chi connectivity index (χ2n) is 5.82. The molecule has 1 aromatic carbocycles. The van der Waals surface area contributed by atoms with Gasteiger partial charge in [-0.1, -0.05) is 23.7 Å². The molecular formula is C15H20ClNO4. The Morgan fingerprint density at radius 1 is 1.29 bits per heavy atom. The van der Waals surface area contributed by atoms with Crippen LogP contribution in [0.4, 0.5) is 0 Å². The van der Waals surface area contributed by atoms with E-state index in [2.05, 4.69) is 0 Å². The molecule has 0 fully saturated rings. The van der Waals surface area contributed by atoms with E-state index in [1.54, 1.807) is 45.0 Å². The Kier molecular flexibility index (Phi) is 5.75. The average Bonchev–Trinajstić information content (AvgIpc) is 2.28. The maximum absolute atomic E-state index is 12.3. The Labute approximate surface area is 129 Å². The SMILES string of the molecule is CC(C)(C)OC(=O)C(c1ccc(Cl)cc1)C(N)CC(=O)O. The summed E-state index contributed by atoms with van der Waals surface area (Å²) in [4.78, 5) is 23.2. The number of rotatable bonds is 5. The van der Waals surface area contributed by atoms with Crippen molar-refractivity contribution in [1.82, 2.24) is 0 Å². The normalized spacial score (nSPS) is 14.3. The number of carboxylic acid groups (broad SMARTS) is 1. The fourth-order valence-corrected chi connectivity index (χ4v) is 2.04. The van der Waals surface area contributed by atoms with E-state index in [0.717, 1.165) is 0 Å². The zero-order valence-electron chi connectivity index (χ0n) is 12.3. The largest absolute Gasteiger partial charge is 0.481 e. The first-order chi connectivity index (χ1) is 9.60. The summed E-state index contributed by atoms with van der Waals surface area (Å²) >= 11 is 5.82. The highest BCUT2D eigenvalue weighted by molar-refractivity contribution is 6.30. The molecule has 6 heteroatoms. The van der Waals surface area contributed by atoms with Crippen molar-refractivity contribution in [1.29, 1.82) is 0 Å². The molecule has 0 aliphatic heterocycles. The fraction of sp³-hybridized carbons (Fsp3) is 0.467. The number of carboxylic acids is 1. The molecule has 0 bridgehead atoms. The minimum absolute atomic E-state index is 0.327. The summed E-state index contributed by atoms with van der Waals surface area (Å²) < 4.78 is 5.34. The van der Waals surface area contributed by atoms with Crippen molar-refractivity contribution >= 4 is 23.5 Å². The molecule has 0 amide bonds. The van der Waals surface area contributed by atoms with E-state index in [1.165, 1.54) is 0 Å². The number of carbonyl (C=O) groups excluding carboxylic acids is 1. The summed E-state index contributed by atoms with van der Waals surface area (Å²) in [6, 6.07) is 5.68. The van der Waals surface area contributed by atoms with Crippen LogP contribution in [0.2, 0.25) is 5.02 Å². The number of benzene rings is 1. The number of nitrogens with two attached hydrogens (primary N) is 1. The van der Waals surface area contributed by atoms with E-state index in [-0.39, 0.29) is 6.42 Å². The zero-order valence-corrected chi connectivity index (χ0v) is 13.1. The first-order valence-electron chi connectivity index (χ1n) is 6.56. The van der Waals surface area contributed by atoms with Crippen molar-refractivity contribution < 1.29 is 19.4 Å². The molecule has 0 aliphatic carbocycles. The van der Waals surface area contributed by atoms with Crippen molar-refractivity contribution in [3.05, 3.63) is 34.9 Å². The van der Waals surface area contributed by atoms with Crippen molar-refractivity contribution in [2.24, 2.45) is 5.73 Å². The number of hydrogen-bond donors (Lipinski definition) is 2. The number of ether oxygens (including phenoxy) is 1. The Morgan fingerprint density at radius 3 is 2.24 bits per heavy atom. The van der Waals surface area contributed by atoms with E-state index < -0.39 is 29.5 Å². The molecule has 21 heavy (non-hydrogen) atoms. The predicted molar refractivity (Wildman–Crippen MR) is 80.3 cm³/mol. The first-order valence-corrected chi connectivity index (χ1v) is 6.93. The Bertz CT molecular complexity index is 507. The molecule has 0 saturated heterocycles. The number of esters is 1. The second kappa shape index (κ2) is 6.91. The van der Waals surface area contributed by atoms with Gasteiger partial charge in [0.05, 0.1) is 12.3 Å². The molecule has 0 heterocycles. The Hall–Kier alpha value is -1.59. The molecule has 1 rings (SSSR count). The summed E-state index contributed by atoms with van der Waals surface area (Å²) in [6.45, 7) is 5.23. The highest BCUT2D eigenvalue weighted by atomic mass is 35.5. The minimum Gasteiger partial charge on any atom is -0.481 e. The van der Waals surface area contributed by atoms with Gasteiger partial charge in [0.25, 0.3) is 0 Å². The van der Waals surface area contributed by atoms with Gasteiger partial charge in [0.1, 0.15) is 5.60 Å². The minimum atomic E-state index is -1.06. The van der Waals surface area contributed by atoms with Gasteiger partial charge in [-0.05, 0) is 38.5 Å². The van der Waals surface area contributed by atoms with Gasteiger partial charge < -0.3 is 15.6 Å². The molecule has 0 saturated carbocycles. The maximum atomic E-state index is 12.3. The number of hydrogen-bond acceptors (Lipinski definition) is 4. The first kappa shape index (κ1) is 17.5. The maximum Gasteiger partial charge on any atom is 0.315 e. The van der Waals surface area contributed by atoms with Crippen LogP contribution in [0, 0.1) is 0 Å². The van der Waals surface area contributed by atoms with Crippen LogP contribution in [0.15, 0.2) is 24.3 Å². The van der Waals surface area contributed by atoms with Gasteiger partial charge in [0.2, 0.25) is 0 Å². The smallest absolute Gasteiger partial charge is 0.315 e. The Balaban J connectivity index is 3.07. The highest BCUT2D eigenvalue weighted by Crippen LogP contribution is 2.26. The summed E-state index contributed by atoms with van der Waals surface area (Å²) in [6.07, 6.45) is -0.327. The van der Waals surface area contributed by atoms with Crippen LogP contribution in [0.5, 0.6) is 0 Å².